The fraction of sp³-hybridized carbons (Fsp3) is 0.381. The maximum atomic E-state index is 12.9. The number of nitrogens with zero attached hydrogens (tertiary/aromatic N) is 2. The minimum absolute atomic E-state index is 0.0736. The van der Waals surface area contributed by atoms with Crippen LogP contribution in [0.2, 0.25) is 0 Å². The van der Waals surface area contributed by atoms with Gasteiger partial charge in [0.25, 0.3) is 0 Å². The van der Waals surface area contributed by atoms with Gasteiger partial charge in [-0.25, -0.2) is 8.42 Å². The molecule has 2 aromatic carbocycles. The number of alkyl halides is 3. The molecule has 0 spiro atoms. The zero-order valence-electron chi connectivity index (χ0n) is 16.7. The Balaban J connectivity index is 1.55. The minimum atomic E-state index is -4.35. The van der Waals surface area contributed by atoms with Crippen molar-refractivity contribution in [2.24, 2.45) is 0 Å². The lowest BCUT2D eigenvalue weighted by Gasteiger charge is -2.34. The molecule has 0 amide bonds. The van der Waals surface area contributed by atoms with Gasteiger partial charge in [0, 0.05) is 32.7 Å². The average molecular weight is 456 g/mol. The largest absolute Gasteiger partial charge is 0.481 e. The molecule has 1 N–H and O–H groups in total. The van der Waals surface area contributed by atoms with Gasteiger partial charge in [0.2, 0.25) is 10.0 Å². The number of benzene rings is 2. The summed E-state index contributed by atoms with van der Waals surface area (Å²) in [5.41, 5.74) is 0.532. The first-order valence-electron chi connectivity index (χ1n) is 9.75. The summed E-state index contributed by atoms with van der Waals surface area (Å²) >= 11 is 0. The van der Waals surface area contributed by atoms with E-state index in [2.05, 4.69) is 4.90 Å². The molecule has 0 aromatic heterocycles. The van der Waals surface area contributed by atoms with Crippen molar-refractivity contribution < 1.29 is 31.5 Å². The van der Waals surface area contributed by atoms with Gasteiger partial charge in [-0.2, -0.15) is 17.5 Å². The summed E-state index contributed by atoms with van der Waals surface area (Å²) in [7, 11) is -3.72. The van der Waals surface area contributed by atoms with E-state index in [4.69, 9.17) is 5.11 Å². The lowest BCUT2D eigenvalue weighted by Crippen LogP contribution is -2.49. The molecule has 1 aliphatic heterocycles. The monoisotopic (exact) mass is 456 g/mol. The van der Waals surface area contributed by atoms with Crippen LogP contribution in [0.15, 0.2) is 53.4 Å². The fourth-order valence-electron chi connectivity index (χ4n) is 3.48. The zero-order valence-corrected chi connectivity index (χ0v) is 17.5. The summed E-state index contributed by atoms with van der Waals surface area (Å²) in [4.78, 5) is 13.0. The number of carbonyl (C=O) groups is 1. The van der Waals surface area contributed by atoms with Crippen LogP contribution in [0.4, 0.5) is 13.2 Å². The molecule has 1 fully saturated rings. The third kappa shape index (κ3) is 6.05. The third-order valence-electron chi connectivity index (χ3n) is 5.22. The number of halogens is 3. The van der Waals surface area contributed by atoms with Gasteiger partial charge in [-0.1, -0.05) is 24.3 Å². The molecule has 10 heteroatoms. The van der Waals surface area contributed by atoms with Crippen LogP contribution in [-0.2, 0) is 33.8 Å². The van der Waals surface area contributed by atoms with Crippen LogP contribution in [0.1, 0.15) is 16.7 Å². The van der Waals surface area contributed by atoms with Gasteiger partial charge in [0.05, 0.1) is 16.9 Å². The van der Waals surface area contributed by atoms with E-state index in [-0.39, 0.29) is 11.3 Å². The van der Waals surface area contributed by atoms with Gasteiger partial charge in [0.15, 0.2) is 0 Å². The smallest absolute Gasteiger partial charge is 0.416 e. The number of piperazine rings is 1. The van der Waals surface area contributed by atoms with Crippen molar-refractivity contribution in [3.05, 3.63) is 65.2 Å². The molecule has 1 saturated heterocycles. The Kier molecular flexibility index (Phi) is 7.03. The van der Waals surface area contributed by atoms with Crippen molar-refractivity contribution >= 4 is 16.0 Å². The van der Waals surface area contributed by atoms with E-state index in [0.717, 1.165) is 17.7 Å². The highest BCUT2D eigenvalue weighted by Crippen LogP contribution is 2.29. The molecule has 0 saturated carbocycles. The molecule has 0 atom stereocenters. The molecule has 0 aliphatic carbocycles. The van der Waals surface area contributed by atoms with Crippen molar-refractivity contribution in [3.63, 3.8) is 0 Å². The Labute approximate surface area is 178 Å². The van der Waals surface area contributed by atoms with Crippen molar-refractivity contribution in [2.45, 2.75) is 23.9 Å². The molecule has 2 aromatic rings. The molecule has 1 aliphatic rings. The lowest BCUT2D eigenvalue weighted by molar-refractivity contribution is -0.138. The van der Waals surface area contributed by atoms with Gasteiger partial charge in [-0.3, -0.25) is 4.79 Å². The fourth-order valence-corrected chi connectivity index (χ4v) is 4.97. The SMILES string of the molecule is O=C(O)Cc1cccc(S(=O)(=O)N2CCN(CCc3ccc(C(F)(F)F)cc3)CC2)c1. The molecular weight excluding hydrogens is 433 g/mol. The van der Waals surface area contributed by atoms with E-state index >= 15 is 0 Å². The quantitative estimate of drug-likeness (QED) is 0.693. The standard InChI is InChI=1S/C21H23F3N2O4S/c22-21(23,24)18-6-4-16(5-7-18)8-9-25-10-12-26(13-11-25)31(29,30)19-3-1-2-17(14-19)15-20(27)28/h1-7,14H,8-13,15H2,(H,27,28). The Bertz CT molecular complexity index is 1020. The summed E-state index contributed by atoms with van der Waals surface area (Å²) in [6, 6.07) is 11.0. The van der Waals surface area contributed by atoms with Crippen LogP contribution in [0.5, 0.6) is 0 Å². The average Bonchev–Trinajstić information content (AvgIpc) is 2.72. The third-order valence-corrected chi connectivity index (χ3v) is 7.12. The Hall–Kier alpha value is -2.43. The second-order valence-corrected chi connectivity index (χ2v) is 9.35. The van der Waals surface area contributed by atoms with Crippen LogP contribution in [0.3, 0.4) is 0 Å². The molecule has 0 unspecified atom stereocenters. The predicted molar refractivity (Wildman–Crippen MR) is 108 cm³/mol. The van der Waals surface area contributed by atoms with Gasteiger partial charge >= 0.3 is 12.1 Å². The summed E-state index contributed by atoms with van der Waals surface area (Å²) in [6.07, 6.45) is -4.03. The molecule has 1 heterocycles. The Morgan fingerprint density at radius 3 is 2.19 bits per heavy atom. The molecule has 3 rings (SSSR count). The Morgan fingerprint density at radius 2 is 1.61 bits per heavy atom. The van der Waals surface area contributed by atoms with Crippen LogP contribution >= 0.6 is 0 Å². The van der Waals surface area contributed by atoms with Crippen molar-refractivity contribution in [1.82, 2.24) is 9.21 Å². The molecule has 31 heavy (non-hydrogen) atoms. The van der Waals surface area contributed by atoms with Crippen LogP contribution < -0.4 is 0 Å². The number of hydrogen-bond acceptors (Lipinski definition) is 4. The summed E-state index contributed by atoms with van der Waals surface area (Å²) in [6.45, 7) is 2.22. The van der Waals surface area contributed by atoms with E-state index in [0.29, 0.717) is 44.7 Å². The van der Waals surface area contributed by atoms with Crippen molar-refractivity contribution in [1.29, 1.82) is 0 Å². The number of carboxylic acids is 1. The maximum Gasteiger partial charge on any atom is 0.416 e. The molecule has 0 radical (unpaired) electrons. The first-order valence-corrected chi connectivity index (χ1v) is 11.2. The van der Waals surface area contributed by atoms with E-state index < -0.39 is 27.7 Å². The second kappa shape index (κ2) is 9.37. The first-order chi connectivity index (χ1) is 14.6. The first kappa shape index (κ1) is 23.2. The predicted octanol–water partition coefficient (Wildman–Crippen LogP) is 2.88. The summed E-state index contributed by atoms with van der Waals surface area (Å²) < 4.78 is 65.1. The zero-order chi connectivity index (χ0) is 22.6. The normalized spacial score (nSPS) is 16.4. The number of hydrogen-bond donors (Lipinski definition) is 1. The maximum absolute atomic E-state index is 12.9. The van der Waals surface area contributed by atoms with E-state index in [1.54, 1.807) is 6.07 Å². The van der Waals surface area contributed by atoms with E-state index in [9.17, 15) is 26.4 Å². The van der Waals surface area contributed by atoms with Crippen molar-refractivity contribution in [2.75, 3.05) is 32.7 Å². The summed E-state index contributed by atoms with van der Waals surface area (Å²) in [5.74, 6) is -1.03. The van der Waals surface area contributed by atoms with Gasteiger partial charge in [0.1, 0.15) is 0 Å². The topological polar surface area (TPSA) is 77.9 Å². The number of aliphatic carboxylic acids is 1. The van der Waals surface area contributed by atoms with Gasteiger partial charge in [-0.15, -0.1) is 0 Å². The van der Waals surface area contributed by atoms with Gasteiger partial charge in [-0.05, 0) is 41.8 Å². The van der Waals surface area contributed by atoms with E-state index in [1.165, 1.54) is 34.6 Å². The van der Waals surface area contributed by atoms with Crippen LogP contribution in [-0.4, -0.2) is 61.4 Å². The highest BCUT2D eigenvalue weighted by molar-refractivity contribution is 7.89. The molecular formula is C21H23F3N2O4S. The van der Waals surface area contributed by atoms with Crippen LogP contribution in [0.25, 0.3) is 0 Å². The summed E-state index contributed by atoms with van der Waals surface area (Å²) in [5, 5.41) is 8.91. The molecule has 0 bridgehead atoms. The minimum Gasteiger partial charge on any atom is -0.481 e. The highest BCUT2D eigenvalue weighted by Gasteiger charge is 2.30. The number of rotatable bonds is 7. The lowest BCUT2D eigenvalue weighted by atomic mass is 10.1. The molecule has 168 valence electrons. The number of carboxylic acid groups (broad SMARTS) is 1. The van der Waals surface area contributed by atoms with E-state index in [1.807, 2.05) is 0 Å². The van der Waals surface area contributed by atoms with Crippen LogP contribution in [0, 0.1) is 0 Å². The Morgan fingerprint density at radius 1 is 0.968 bits per heavy atom. The number of sulfonamides is 1. The highest BCUT2D eigenvalue weighted by atomic mass is 32.2. The van der Waals surface area contributed by atoms with Gasteiger partial charge < -0.3 is 10.0 Å². The van der Waals surface area contributed by atoms with Crippen molar-refractivity contribution in [3.8, 4) is 0 Å². The second-order valence-electron chi connectivity index (χ2n) is 7.41. The molecule has 6 nitrogen and oxygen atoms in total.